The Labute approximate surface area is 276 Å². The summed E-state index contributed by atoms with van der Waals surface area (Å²) in [5.41, 5.74) is 0.879. The van der Waals surface area contributed by atoms with Gasteiger partial charge in [-0.25, -0.2) is 9.02 Å². The molecule has 47 heavy (non-hydrogen) atoms. The van der Waals surface area contributed by atoms with Gasteiger partial charge >= 0.3 is 0 Å². The molecule has 1 saturated heterocycles. The SMILES string of the molecule is CCC(=O)N[C@@H](C(=O)N1CCN(C(C)C)CC1)[C@@H](C)c1ccc(NC(=O)[C@@H](NC(=O)c2nonc2CC)[C@H]2CC[C@H](C)CC2)c(F)c1. The quantitative estimate of drug-likeness (QED) is 0.312. The zero-order valence-electron chi connectivity index (χ0n) is 28.5. The second-order valence-electron chi connectivity index (χ2n) is 13.3. The van der Waals surface area contributed by atoms with Gasteiger partial charge in [0.25, 0.3) is 5.91 Å². The number of aryl methyl sites for hydroxylation is 1. The number of carbonyl (C=O) groups is 4. The number of carbonyl (C=O) groups excluding carboxylic acids is 4. The van der Waals surface area contributed by atoms with Crippen LogP contribution in [0.25, 0.3) is 0 Å². The van der Waals surface area contributed by atoms with Crippen LogP contribution in [0, 0.1) is 17.7 Å². The number of hydrogen-bond acceptors (Lipinski definition) is 8. The number of benzene rings is 1. The van der Waals surface area contributed by atoms with E-state index in [0.717, 1.165) is 38.8 Å². The number of hydrogen-bond donors (Lipinski definition) is 3. The number of halogens is 1. The van der Waals surface area contributed by atoms with Crippen molar-refractivity contribution in [3.8, 4) is 0 Å². The molecule has 2 heterocycles. The van der Waals surface area contributed by atoms with E-state index in [-0.39, 0.29) is 35.5 Å². The normalized spacial score (nSPS) is 20.7. The molecule has 2 aromatic rings. The Morgan fingerprint density at radius 1 is 0.979 bits per heavy atom. The van der Waals surface area contributed by atoms with Gasteiger partial charge in [0, 0.05) is 44.6 Å². The third-order valence-corrected chi connectivity index (χ3v) is 9.74. The molecule has 1 aliphatic carbocycles. The number of nitrogens with zero attached hydrogens (tertiary/aromatic N) is 4. The van der Waals surface area contributed by atoms with Crippen LogP contribution in [0.2, 0.25) is 0 Å². The Morgan fingerprint density at radius 2 is 1.66 bits per heavy atom. The lowest BCUT2D eigenvalue weighted by atomic mass is 9.79. The Balaban J connectivity index is 1.51. The first kappa shape index (κ1) is 36.0. The van der Waals surface area contributed by atoms with E-state index >= 15 is 4.39 Å². The molecular formula is C34H50FN7O5. The number of anilines is 1. The molecule has 1 aliphatic heterocycles. The first-order chi connectivity index (χ1) is 22.4. The summed E-state index contributed by atoms with van der Waals surface area (Å²) in [7, 11) is 0. The molecule has 2 fully saturated rings. The van der Waals surface area contributed by atoms with Crippen LogP contribution in [0.3, 0.4) is 0 Å². The van der Waals surface area contributed by atoms with Gasteiger partial charge in [-0.05, 0) is 67.8 Å². The van der Waals surface area contributed by atoms with Crippen molar-refractivity contribution in [2.75, 3.05) is 31.5 Å². The zero-order chi connectivity index (χ0) is 34.2. The van der Waals surface area contributed by atoms with Crippen molar-refractivity contribution >= 4 is 29.3 Å². The highest BCUT2D eigenvalue weighted by molar-refractivity contribution is 6.01. The van der Waals surface area contributed by atoms with Gasteiger partial charge in [0.2, 0.25) is 17.7 Å². The minimum absolute atomic E-state index is 0.0278. The van der Waals surface area contributed by atoms with E-state index in [9.17, 15) is 19.2 Å². The van der Waals surface area contributed by atoms with Crippen molar-refractivity contribution < 1.29 is 28.2 Å². The van der Waals surface area contributed by atoms with Crippen molar-refractivity contribution in [1.82, 2.24) is 30.7 Å². The molecule has 3 atom stereocenters. The molecular weight excluding hydrogens is 605 g/mol. The van der Waals surface area contributed by atoms with Gasteiger partial charge in [-0.1, -0.05) is 51.8 Å². The smallest absolute Gasteiger partial charge is 0.276 e. The van der Waals surface area contributed by atoms with Crippen LogP contribution in [0.15, 0.2) is 22.8 Å². The molecule has 4 rings (SSSR count). The van der Waals surface area contributed by atoms with Crippen molar-refractivity contribution in [3.63, 3.8) is 0 Å². The minimum Gasteiger partial charge on any atom is -0.344 e. The van der Waals surface area contributed by atoms with Crippen molar-refractivity contribution in [2.45, 2.75) is 104 Å². The minimum atomic E-state index is -0.920. The van der Waals surface area contributed by atoms with Gasteiger partial charge in [-0.2, -0.15) is 0 Å². The molecule has 0 unspecified atom stereocenters. The maximum absolute atomic E-state index is 15.7. The Kier molecular flexibility index (Phi) is 12.5. The lowest BCUT2D eigenvalue weighted by Gasteiger charge is -2.39. The largest absolute Gasteiger partial charge is 0.344 e. The predicted octanol–water partition coefficient (Wildman–Crippen LogP) is 3.89. The molecule has 12 nitrogen and oxygen atoms in total. The predicted molar refractivity (Wildman–Crippen MR) is 175 cm³/mol. The standard InChI is InChI=1S/C34H50FN7O5/c1-7-26-31(40-47-39-26)33(45)38-30(23-11-9-21(5)10-12-23)32(44)36-27-14-13-24(19-25(27)35)22(6)29(37-28(43)8-2)34(46)42-17-15-41(16-18-42)20(3)4/h13-14,19-23,29-30H,7-12,15-18H2,1-6H3,(H,36,44)(H,37,43)(H,38,45)/t21-,22-,23-,29+,30-/m0/s1. The average Bonchev–Trinajstić information content (AvgIpc) is 3.56. The van der Waals surface area contributed by atoms with E-state index in [0.29, 0.717) is 42.7 Å². The highest BCUT2D eigenvalue weighted by Gasteiger charge is 2.36. The van der Waals surface area contributed by atoms with Crippen molar-refractivity contribution in [1.29, 1.82) is 0 Å². The van der Waals surface area contributed by atoms with E-state index in [4.69, 9.17) is 4.63 Å². The number of piperazine rings is 1. The van der Waals surface area contributed by atoms with Gasteiger partial charge in [0.05, 0.1) is 5.69 Å². The monoisotopic (exact) mass is 655 g/mol. The zero-order valence-corrected chi connectivity index (χ0v) is 28.5. The van der Waals surface area contributed by atoms with Gasteiger partial charge in [-0.3, -0.25) is 24.1 Å². The fourth-order valence-electron chi connectivity index (χ4n) is 6.49. The van der Waals surface area contributed by atoms with Crippen LogP contribution in [0.4, 0.5) is 10.1 Å². The third kappa shape index (κ3) is 8.94. The third-order valence-electron chi connectivity index (χ3n) is 9.74. The Morgan fingerprint density at radius 3 is 2.26 bits per heavy atom. The van der Waals surface area contributed by atoms with Crippen LogP contribution >= 0.6 is 0 Å². The Bertz CT molecular complexity index is 1400. The highest BCUT2D eigenvalue weighted by Crippen LogP contribution is 2.32. The van der Waals surface area contributed by atoms with E-state index in [2.05, 4.69) is 51.9 Å². The number of nitrogens with one attached hydrogen (secondary N) is 3. The molecule has 13 heteroatoms. The van der Waals surface area contributed by atoms with Crippen molar-refractivity contribution in [3.05, 3.63) is 41.0 Å². The van der Waals surface area contributed by atoms with Crippen LogP contribution in [0.1, 0.15) is 101 Å². The molecule has 0 bridgehead atoms. The summed E-state index contributed by atoms with van der Waals surface area (Å²) in [4.78, 5) is 57.0. The first-order valence-corrected chi connectivity index (χ1v) is 17.0. The van der Waals surface area contributed by atoms with Gasteiger partial charge in [0.1, 0.15) is 23.6 Å². The molecule has 2 aliphatic rings. The molecule has 258 valence electrons. The Hall–Kier alpha value is -3.87. The van der Waals surface area contributed by atoms with Crippen molar-refractivity contribution in [2.24, 2.45) is 11.8 Å². The molecule has 1 saturated carbocycles. The fraction of sp³-hybridized carbons (Fsp3) is 0.647. The maximum Gasteiger partial charge on any atom is 0.276 e. The summed E-state index contributed by atoms with van der Waals surface area (Å²) in [5.74, 6) is -2.41. The van der Waals surface area contributed by atoms with Gasteiger partial charge in [0.15, 0.2) is 5.69 Å². The first-order valence-electron chi connectivity index (χ1n) is 17.0. The van der Waals surface area contributed by atoms with Crippen LogP contribution in [0.5, 0.6) is 0 Å². The van der Waals surface area contributed by atoms with Crippen LogP contribution in [-0.4, -0.2) is 88.0 Å². The molecule has 1 aromatic heterocycles. The van der Waals surface area contributed by atoms with Crippen LogP contribution < -0.4 is 16.0 Å². The number of aromatic nitrogens is 2. The lowest BCUT2D eigenvalue weighted by molar-refractivity contribution is -0.138. The van der Waals surface area contributed by atoms with Gasteiger partial charge in [-0.15, -0.1) is 0 Å². The lowest BCUT2D eigenvalue weighted by Crippen LogP contribution is -2.57. The molecule has 0 spiro atoms. The molecule has 4 amide bonds. The molecule has 3 N–H and O–H groups in total. The van der Waals surface area contributed by atoms with E-state index < -0.39 is 35.6 Å². The second-order valence-corrected chi connectivity index (χ2v) is 13.3. The maximum atomic E-state index is 15.7. The average molecular weight is 656 g/mol. The summed E-state index contributed by atoms with van der Waals surface area (Å²) in [6.45, 7) is 14.3. The molecule has 0 radical (unpaired) electrons. The highest BCUT2D eigenvalue weighted by atomic mass is 19.1. The second kappa shape index (κ2) is 16.3. The summed E-state index contributed by atoms with van der Waals surface area (Å²) in [6.07, 6.45) is 3.95. The summed E-state index contributed by atoms with van der Waals surface area (Å²) in [6, 6.07) is 2.99. The topological polar surface area (TPSA) is 150 Å². The van der Waals surface area contributed by atoms with E-state index in [1.165, 1.54) is 12.1 Å². The number of rotatable bonds is 12. The van der Waals surface area contributed by atoms with E-state index in [1.807, 2.05) is 6.92 Å². The number of amides is 4. The fourth-order valence-corrected chi connectivity index (χ4v) is 6.49. The summed E-state index contributed by atoms with van der Waals surface area (Å²) < 4.78 is 20.4. The summed E-state index contributed by atoms with van der Waals surface area (Å²) >= 11 is 0. The van der Waals surface area contributed by atoms with E-state index in [1.54, 1.807) is 24.8 Å². The summed E-state index contributed by atoms with van der Waals surface area (Å²) in [5, 5.41) is 15.9. The molecule has 1 aromatic carbocycles. The van der Waals surface area contributed by atoms with Crippen LogP contribution in [-0.2, 0) is 20.8 Å². The van der Waals surface area contributed by atoms with Gasteiger partial charge < -0.3 is 20.9 Å².